The van der Waals surface area contributed by atoms with E-state index in [4.69, 9.17) is 10.5 Å². The van der Waals surface area contributed by atoms with Crippen molar-refractivity contribution < 1.29 is 14.3 Å². The number of ether oxygens (including phenoxy) is 1. The highest BCUT2D eigenvalue weighted by atomic mass is 35.5. The molecular weight excluding hydrogens is 366 g/mol. The summed E-state index contributed by atoms with van der Waals surface area (Å²) in [5.41, 5.74) is 6.22. The molecule has 7 heteroatoms. The van der Waals surface area contributed by atoms with Crippen molar-refractivity contribution in [2.45, 2.75) is 52.7 Å². The monoisotopic (exact) mass is 397 g/mol. The van der Waals surface area contributed by atoms with Gasteiger partial charge in [0, 0.05) is 42.8 Å². The average Bonchev–Trinajstić information content (AvgIpc) is 2.62. The number of rotatable bonds is 7. The van der Waals surface area contributed by atoms with Gasteiger partial charge in [-0.25, -0.2) is 0 Å². The van der Waals surface area contributed by atoms with Gasteiger partial charge in [0.1, 0.15) is 5.54 Å². The summed E-state index contributed by atoms with van der Waals surface area (Å²) in [4.78, 5) is 26.8. The first-order chi connectivity index (χ1) is 12.2. The quantitative estimate of drug-likeness (QED) is 0.740. The summed E-state index contributed by atoms with van der Waals surface area (Å²) in [6.45, 7) is 11.7. The Kier molecular flexibility index (Phi) is 7.84. The normalized spacial score (nSPS) is 23.0. The smallest absolute Gasteiger partial charge is 0.253 e. The van der Waals surface area contributed by atoms with Crippen molar-refractivity contribution in [2.24, 2.45) is 11.1 Å². The molecule has 0 bridgehead atoms. The Balaban J connectivity index is 0.00000364. The fourth-order valence-electron chi connectivity index (χ4n) is 3.45. The zero-order valence-corrected chi connectivity index (χ0v) is 17.7. The molecule has 6 nitrogen and oxygen atoms in total. The SMILES string of the molecule is CCOC1CC(N)(C(=O)Nc2ccc(C(=O)N(CC)CC)cc2)C1(C)C.Cl. The van der Waals surface area contributed by atoms with E-state index in [-0.39, 0.29) is 30.3 Å². The predicted octanol–water partition coefficient (Wildman–Crippen LogP) is 3.06. The first-order valence-electron chi connectivity index (χ1n) is 9.32. The maximum atomic E-state index is 12.7. The van der Waals surface area contributed by atoms with Gasteiger partial charge in [0.05, 0.1) is 6.10 Å². The molecular formula is C20H32ClN3O3. The lowest BCUT2D eigenvalue weighted by atomic mass is 9.54. The van der Waals surface area contributed by atoms with Crippen LogP contribution in [0.3, 0.4) is 0 Å². The molecule has 1 fully saturated rings. The van der Waals surface area contributed by atoms with Gasteiger partial charge in [-0.2, -0.15) is 0 Å². The summed E-state index contributed by atoms with van der Waals surface area (Å²) in [5.74, 6) is -0.232. The van der Waals surface area contributed by atoms with Gasteiger partial charge >= 0.3 is 0 Å². The van der Waals surface area contributed by atoms with Gasteiger partial charge in [0.15, 0.2) is 0 Å². The first-order valence-corrected chi connectivity index (χ1v) is 9.32. The summed E-state index contributed by atoms with van der Waals surface area (Å²) in [6.07, 6.45) is 0.482. The molecule has 0 saturated heterocycles. The van der Waals surface area contributed by atoms with Crippen molar-refractivity contribution in [3.63, 3.8) is 0 Å². The van der Waals surface area contributed by atoms with Crippen LogP contribution in [0.1, 0.15) is 51.4 Å². The third kappa shape index (κ3) is 4.28. The van der Waals surface area contributed by atoms with Gasteiger partial charge in [-0.05, 0) is 45.0 Å². The van der Waals surface area contributed by atoms with Crippen LogP contribution >= 0.6 is 12.4 Å². The second kappa shape index (κ2) is 9.04. The highest BCUT2D eigenvalue weighted by molar-refractivity contribution is 6.00. The standard InChI is InChI=1S/C20H31N3O3.ClH/c1-6-23(7-2)17(24)14-9-11-15(12-10-14)22-18(25)20(21)13-16(26-8-3)19(20,4)5;/h9-12,16H,6-8,13,21H2,1-5H3,(H,22,25);1H. The first kappa shape index (κ1) is 23.4. The second-order valence-corrected chi connectivity index (χ2v) is 7.35. The van der Waals surface area contributed by atoms with E-state index in [1.807, 2.05) is 34.6 Å². The van der Waals surface area contributed by atoms with Crippen LogP contribution in [-0.4, -0.2) is 48.1 Å². The molecule has 152 valence electrons. The molecule has 1 aliphatic carbocycles. The van der Waals surface area contributed by atoms with E-state index in [0.29, 0.717) is 37.4 Å². The Morgan fingerprint density at radius 2 is 1.74 bits per heavy atom. The van der Waals surface area contributed by atoms with E-state index in [0.717, 1.165) is 0 Å². The third-order valence-corrected chi connectivity index (χ3v) is 5.68. The maximum Gasteiger partial charge on any atom is 0.253 e. The Labute approximate surface area is 168 Å². The van der Waals surface area contributed by atoms with Crippen molar-refractivity contribution in [1.82, 2.24) is 4.90 Å². The van der Waals surface area contributed by atoms with E-state index < -0.39 is 11.0 Å². The van der Waals surface area contributed by atoms with Crippen molar-refractivity contribution >= 4 is 29.9 Å². The third-order valence-electron chi connectivity index (χ3n) is 5.68. The Bertz CT molecular complexity index is 659. The maximum absolute atomic E-state index is 12.7. The number of carbonyl (C=O) groups is 2. The van der Waals surface area contributed by atoms with E-state index in [9.17, 15) is 9.59 Å². The van der Waals surface area contributed by atoms with Gasteiger partial charge < -0.3 is 20.7 Å². The molecule has 2 atom stereocenters. The molecule has 2 amide bonds. The van der Waals surface area contributed by atoms with Crippen LogP contribution in [0.2, 0.25) is 0 Å². The topological polar surface area (TPSA) is 84.7 Å². The highest BCUT2D eigenvalue weighted by Crippen LogP contribution is 2.50. The summed E-state index contributed by atoms with van der Waals surface area (Å²) >= 11 is 0. The minimum atomic E-state index is -0.970. The van der Waals surface area contributed by atoms with Crippen LogP contribution < -0.4 is 11.1 Å². The Hall–Kier alpha value is -1.63. The number of carbonyl (C=O) groups excluding carboxylic acids is 2. The fraction of sp³-hybridized carbons (Fsp3) is 0.600. The van der Waals surface area contributed by atoms with Crippen molar-refractivity contribution in [3.05, 3.63) is 29.8 Å². The zero-order chi connectivity index (χ0) is 19.5. The lowest BCUT2D eigenvalue weighted by Gasteiger charge is -2.57. The zero-order valence-electron chi connectivity index (χ0n) is 16.9. The van der Waals surface area contributed by atoms with Gasteiger partial charge in [0.2, 0.25) is 5.91 Å². The van der Waals surface area contributed by atoms with Gasteiger partial charge in [-0.15, -0.1) is 12.4 Å². The van der Waals surface area contributed by atoms with E-state index in [1.165, 1.54) is 0 Å². The highest BCUT2D eigenvalue weighted by Gasteiger charge is 2.62. The van der Waals surface area contributed by atoms with E-state index >= 15 is 0 Å². The van der Waals surface area contributed by atoms with Crippen molar-refractivity contribution in [3.8, 4) is 0 Å². The number of nitrogens with zero attached hydrogens (tertiary/aromatic N) is 1. The number of hydrogen-bond acceptors (Lipinski definition) is 4. The Morgan fingerprint density at radius 3 is 2.19 bits per heavy atom. The van der Waals surface area contributed by atoms with Gasteiger partial charge in [0.25, 0.3) is 5.91 Å². The summed E-state index contributed by atoms with van der Waals surface area (Å²) in [5, 5.41) is 2.88. The summed E-state index contributed by atoms with van der Waals surface area (Å²) in [6, 6.07) is 6.94. The van der Waals surface area contributed by atoms with Gasteiger partial charge in [-0.3, -0.25) is 9.59 Å². The van der Waals surface area contributed by atoms with Crippen LogP contribution in [0.25, 0.3) is 0 Å². The fourth-order valence-corrected chi connectivity index (χ4v) is 3.45. The molecule has 0 spiro atoms. The van der Waals surface area contributed by atoms with Gasteiger partial charge in [-0.1, -0.05) is 13.8 Å². The largest absolute Gasteiger partial charge is 0.378 e. The number of anilines is 1. The minimum Gasteiger partial charge on any atom is -0.378 e. The molecule has 1 aromatic rings. The molecule has 0 radical (unpaired) electrons. The lowest BCUT2D eigenvalue weighted by Crippen LogP contribution is -2.74. The number of nitrogens with one attached hydrogen (secondary N) is 1. The van der Waals surface area contributed by atoms with Crippen LogP contribution in [-0.2, 0) is 9.53 Å². The molecule has 1 aliphatic rings. The molecule has 3 N–H and O–H groups in total. The molecule has 0 heterocycles. The summed E-state index contributed by atoms with van der Waals surface area (Å²) < 4.78 is 5.67. The van der Waals surface area contributed by atoms with Crippen LogP contribution in [0.15, 0.2) is 24.3 Å². The van der Waals surface area contributed by atoms with Crippen LogP contribution in [0.5, 0.6) is 0 Å². The number of halogens is 1. The summed E-state index contributed by atoms with van der Waals surface area (Å²) in [7, 11) is 0. The van der Waals surface area contributed by atoms with E-state index in [1.54, 1.807) is 29.2 Å². The molecule has 1 aromatic carbocycles. The molecule has 1 saturated carbocycles. The number of hydrogen-bond donors (Lipinski definition) is 2. The van der Waals surface area contributed by atoms with Crippen molar-refractivity contribution in [2.75, 3.05) is 25.0 Å². The van der Waals surface area contributed by atoms with Crippen LogP contribution in [0.4, 0.5) is 5.69 Å². The van der Waals surface area contributed by atoms with Crippen molar-refractivity contribution in [1.29, 1.82) is 0 Å². The average molecular weight is 398 g/mol. The Morgan fingerprint density at radius 1 is 1.19 bits per heavy atom. The molecule has 0 aromatic heterocycles. The van der Waals surface area contributed by atoms with Crippen LogP contribution in [0, 0.1) is 5.41 Å². The molecule has 2 rings (SSSR count). The molecule has 2 unspecified atom stereocenters. The molecule has 27 heavy (non-hydrogen) atoms. The number of nitrogens with two attached hydrogens (primary N) is 1. The lowest BCUT2D eigenvalue weighted by molar-refractivity contribution is -0.166. The van der Waals surface area contributed by atoms with E-state index in [2.05, 4.69) is 5.32 Å². The second-order valence-electron chi connectivity index (χ2n) is 7.35. The predicted molar refractivity (Wildman–Crippen MR) is 110 cm³/mol. The number of benzene rings is 1. The molecule has 0 aliphatic heterocycles. The number of amides is 2. The minimum absolute atomic E-state index is 0.